The number of fused-ring (bicyclic) bond motifs is 1. The van der Waals surface area contributed by atoms with Crippen molar-refractivity contribution in [3.05, 3.63) is 52.8 Å². The molecule has 1 saturated heterocycles. The third kappa shape index (κ3) is 3.77. The molecule has 0 saturated carbocycles. The average Bonchev–Trinajstić information content (AvgIpc) is 3.09. The first kappa shape index (κ1) is 19.0. The quantitative estimate of drug-likeness (QED) is 0.609. The summed E-state index contributed by atoms with van der Waals surface area (Å²) in [4.78, 5) is 18.8. The van der Waals surface area contributed by atoms with Gasteiger partial charge < -0.3 is 14.4 Å². The fourth-order valence-electron chi connectivity index (χ4n) is 3.24. The normalized spacial score (nSPS) is 15.0. The molecule has 0 spiro atoms. The third-order valence-corrected chi connectivity index (χ3v) is 5.99. The Kier molecular flexibility index (Phi) is 5.37. The molecular formula is C20H18ClFN2O3S. The summed E-state index contributed by atoms with van der Waals surface area (Å²) in [7, 11) is 1.62. The third-order valence-electron chi connectivity index (χ3n) is 4.75. The van der Waals surface area contributed by atoms with E-state index < -0.39 is 5.82 Å². The topological polar surface area (TPSA) is 51.7 Å². The minimum Gasteiger partial charge on any atom is -0.497 e. The maximum Gasteiger partial charge on any atom is 0.274 e. The average molecular weight is 421 g/mol. The number of carbonyl (C=O) groups excluding carboxylic acids is 1. The van der Waals surface area contributed by atoms with Gasteiger partial charge in [-0.25, -0.2) is 9.37 Å². The second-order valence-corrected chi connectivity index (χ2v) is 7.92. The summed E-state index contributed by atoms with van der Waals surface area (Å²) in [5, 5.41) is 0.735. The Morgan fingerprint density at radius 1 is 1.29 bits per heavy atom. The van der Waals surface area contributed by atoms with Crippen LogP contribution in [-0.4, -0.2) is 42.1 Å². The lowest BCUT2D eigenvalue weighted by molar-refractivity contribution is 0.0591. The minimum absolute atomic E-state index is 0.0393. The second-order valence-electron chi connectivity index (χ2n) is 6.52. The maximum absolute atomic E-state index is 14.0. The fourth-order valence-corrected chi connectivity index (χ4v) is 4.35. The lowest BCUT2D eigenvalue weighted by Crippen LogP contribution is -2.42. The zero-order valence-corrected chi connectivity index (χ0v) is 16.7. The van der Waals surface area contributed by atoms with Crippen LogP contribution in [0.4, 0.5) is 4.39 Å². The zero-order valence-electron chi connectivity index (χ0n) is 15.2. The molecule has 5 nitrogen and oxygen atoms in total. The number of amides is 1. The van der Waals surface area contributed by atoms with E-state index in [0.29, 0.717) is 31.1 Å². The fraction of sp³-hybridized carbons (Fsp3) is 0.300. The predicted octanol–water partition coefficient (Wildman–Crippen LogP) is 4.78. The molecule has 0 radical (unpaired) electrons. The Hall–Kier alpha value is -2.38. The molecule has 28 heavy (non-hydrogen) atoms. The molecule has 146 valence electrons. The highest BCUT2D eigenvalue weighted by Gasteiger charge is 2.28. The molecule has 0 unspecified atom stereocenters. The zero-order chi connectivity index (χ0) is 19.7. The number of carbonyl (C=O) groups is 1. The highest BCUT2D eigenvalue weighted by molar-refractivity contribution is 7.20. The van der Waals surface area contributed by atoms with Crippen LogP contribution >= 0.6 is 22.9 Å². The summed E-state index contributed by atoms with van der Waals surface area (Å²) in [6, 6.07) is 9.98. The lowest BCUT2D eigenvalue weighted by Gasteiger charge is -2.31. The van der Waals surface area contributed by atoms with E-state index in [0.717, 1.165) is 16.0 Å². The van der Waals surface area contributed by atoms with E-state index in [-0.39, 0.29) is 22.6 Å². The van der Waals surface area contributed by atoms with Crippen LogP contribution in [0, 0.1) is 5.82 Å². The van der Waals surface area contributed by atoms with E-state index in [1.807, 2.05) is 18.2 Å². The first-order valence-corrected chi connectivity index (χ1v) is 10.1. The van der Waals surface area contributed by atoms with Crippen molar-refractivity contribution in [3.63, 3.8) is 0 Å². The van der Waals surface area contributed by atoms with Crippen LogP contribution in [0.1, 0.15) is 23.2 Å². The molecule has 4 rings (SSSR count). The van der Waals surface area contributed by atoms with Crippen LogP contribution in [0.2, 0.25) is 5.02 Å². The first-order chi connectivity index (χ1) is 13.5. The van der Waals surface area contributed by atoms with Crippen LogP contribution in [-0.2, 0) is 0 Å². The van der Waals surface area contributed by atoms with Crippen molar-refractivity contribution in [1.82, 2.24) is 9.88 Å². The molecule has 0 atom stereocenters. The molecule has 8 heteroatoms. The Labute approximate surface area is 170 Å². The molecule has 1 fully saturated rings. The number of aromatic nitrogens is 1. The predicted molar refractivity (Wildman–Crippen MR) is 107 cm³/mol. The molecule has 0 aliphatic carbocycles. The summed E-state index contributed by atoms with van der Waals surface area (Å²) in [5.74, 6) is -0.225. The summed E-state index contributed by atoms with van der Waals surface area (Å²) >= 11 is 7.49. The molecule has 0 bridgehead atoms. The van der Waals surface area contributed by atoms with Crippen molar-refractivity contribution < 1.29 is 18.7 Å². The highest BCUT2D eigenvalue weighted by Crippen LogP contribution is 2.32. The van der Waals surface area contributed by atoms with Crippen LogP contribution in [0.15, 0.2) is 36.4 Å². The number of likely N-dealkylation sites (tertiary alicyclic amines) is 1. The molecule has 2 heterocycles. The van der Waals surface area contributed by atoms with Gasteiger partial charge in [0.05, 0.1) is 27.9 Å². The van der Waals surface area contributed by atoms with Gasteiger partial charge >= 0.3 is 0 Å². The lowest BCUT2D eigenvalue weighted by atomic mass is 10.1. The number of rotatable bonds is 4. The van der Waals surface area contributed by atoms with Gasteiger partial charge in [-0.3, -0.25) is 4.79 Å². The summed E-state index contributed by atoms with van der Waals surface area (Å²) in [6.07, 6.45) is 1.26. The number of piperidine rings is 1. The molecule has 1 aliphatic heterocycles. The Morgan fingerprint density at radius 2 is 2.07 bits per heavy atom. The number of nitrogens with zero attached hydrogens (tertiary/aromatic N) is 2. The molecular weight excluding hydrogens is 403 g/mol. The van der Waals surface area contributed by atoms with Gasteiger partial charge in [-0.1, -0.05) is 29.0 Å². The van der Waals surface area contributed by atoms with Gasteiger partial charge in [0, 0.05) is 32.0 Å². The largest absolute Gasteiger partial charge is 0.497 e. The number of ether oxygens (including phenoxy) is 2. The highest BCUT2D eigenvalue weighted by atomic mass is 35.5. The van der Waals surface area contributed by atoms with Gasteiger partial charge in [-0.05, 0) is 24.3 Å². The van der Waals surface area contributed by atoms with Gasteiger partial charge in [0.2, 0.25) is 0 Å². The van der Waals surface area contributed by atoms with Crippen molar-refractivity contribution in [2.75, 3.05) is 20.2 Å². The van der Waals surface area contributed by atoms with E-state index in [1.54, 1.807) is 12.0 Å². The molecule has 1 aliphatic rings. The van der Waals surface area contributed by atoms with Crippen LogP contribution in [0.5, 0.6) is 10.9 Å². The second kappa shape index (κ2) is 7.93. The standard InChI is InChI=1S/C20H18ClFN2O3S/c1-26-13-5-6-17-16(11-13)23-20(28-17)27-12-7-9-24(10-8-12)19(25)18-14(21)3-2-4-15(18)22/h2-6,11-12H,7-10H2,1H3. The number of thiazole rings is 1. The summed E-state index contributed by atoms with van der Waals surface area (Å²) < 4.78 is 26.3. The number of hydrogen-bond donors (Lipinski definition) is 0. The van der Waals surface area contributed by atoms with Crippen molar-refractivity contribution in [2.45, 2.75) is 18.9 Å². The van der Waals surface area contributed by atoms with Crippen molar-refractivity contribution in [3.8, 4) is 10.9 Å². The van der Waals surface area contributed by atoms with Gasteiger partial charge in [0.1, 0.15) is 17.7 Å². The van der Waals surface area contributed by atoms with Crippen LogP contribution < -0.4 is 9.47 Å². The van der Waals surface area contributed by atoms with E-state index in [9.17, 15) is 9.18 Å². The Morgan fingerprint density at radius 3 is 2.79 bits per heavy atom. The first-order valence-electron chi connectivity index (χ1n) is 8.89. The minimum atomic E-state index is -0.597. The number of halogens is 2. The SMILES string of the molecule is COc1ccc2sc(OC3CCN(C(=O)c4c(F)cccc4Cl)CC3)nc2c1. The van der Waals surface area contributed by atoms with Crippen molar-refractivity contribution in [2.24, 2.45) is 0 Å². The van der Waals surface area contributed by atoms with E-state index in [4.69, 9.17) is 21.1 Å². The Balaban J connectivity index is 1.40. The van der Waals surface area contributed by atoms with Gasteiger partial charge in [0.15, 0.2) is 0 Å². The summed E-state index contributed by atoms with van der Waals surface area (Å²) in [5.41, 5.74) is 0.768. The maximum atomic E-state index is 14.0. The van der Waals surface area contributed by atoms with Gasteiger partial charge in [-0.15, -0.1) is 0 Å². The van der Waals surface area contributed by atoms with Gasteiger partial charge in [-0.2, -0.15) is 0 Å². The molecule has 0 N–H and O–H groups in total. The Bertz CT molecular complexity index is 998. The number of methoxy groups -OCH3 is 1. The van der Waals surface area contributed by atoms with Crippen LogP contribution in [0.25, 0.3) is 10.2 Å². The molecule has 1 amide bonds. The van der Waals surface area contributed by atoms with E-state index in [1.165, 1.54) is 29.5 Å². The number of benzene rings is 2. The number of hydrogen-bond acceptors (Lipinski definition) is 5. The van der Waals surface area contributed by atoms with Gasteiger partial charge in [0.25, 0.3) is 11.1 Å². The van der Waals surface area contributed by atoms with E-state index >= 15 is 0 Å². The van der Waals surface area contributed by atoms with E-state index in [2.05, 4.69) is 4.98 Å². The molecule has 2 aromatic carbocycles. The molecule has 3 aromatic rings. The smallest absolute Gasteiger partial charge is 0.274 e. The van der Waals surface area contributed by atoms with Crippen LogP contribution in [0.3, 0.4) is 0 Å². The summed E-state index contributed by atoms with van der Waals surface area (Å²) in [6.45, 7) is 0.958. The monoisotopic (exact) mass is 420 g/mol. The molecule has 1 aromatic heterocycles. The van der Waals surface area contributed by atoms with Crippen molar-refractivity contribution in [1.29, 1.82) is 0 Å². The van der Waals surface area contributed by atoms with Crippen molar-refractivity contribution >= 4 is 39.1 Å².